The van der Waals surface area contributed by atoms with Crippen LogP contribution in [0.15, 0.2) is 83.3 Å². The Morgan fingerprint density at radius 2 is 1.62 bits per heavy atom. The molecule has 0 atom stereocenters. The highest BCUT2D eigenvalue weighted by Gasteiger charge is 2.20. The molecule has 3 aromatic rings. The van der Waals surface area contributed by atoms with Gasteiger partial charge in [-0.2, -0.15) is 0 Å². The largest absolute Gasteiger partial charge is 0.488 e. The van der Waals surface area contributed by atoms with Gasteiger partial charge in [-0.15, -0.1) is 0 Å². The lowest BCUT2D eigenvalue weighted by molar-refractivity contribution is 0.0737. The van der Waals surface area contributed by atoms with Gasteiger partial charge in [0.1, 0.15) is 12.4 Å². The zero-order chi connectivity index (χ0) is 20.5. The van der Waals surface area contributed by atoms with Gasteiger partial charge in [-0.1, -0.05) is 76.6 Å². The average Bonchev–Trinajstić information content (AvgIpc) is 2.77. The van der Waals surface area contributed by atoms with E-state index in [1.807, 2.05) is 83.8 Å². The van der Waals surface area contributed by atoms with Gasteiger partial charge in [0.15, 0.2) is 0 Å². The number of hydrogen-bond acceptors (Lipinski definition) is 3. The molecule has 4 nitrogen and oxygen atoms in total. The third-order valence-electron chi connectivity index (χ3n) is 4.59. The number of carbonyl (C=O) groups is 1. The summed E-state index contributed by atoms with van der Waals surface area (Å²) in [5, 5.41) is 0. The summed E-state index contributed by atoms with van der Waals surface area (Å²) in [7, 11) is 0. The number of benzene rings is 3. The van der Waals surface area contributed by atoms with Crippen LogP contribution in [0, 0.1) is 0 Å². The first-order valence-corrected chi connectivity index (χ1v) is 10.5. The first-order valence-electron chi connectivity index (χ1n) is 9.67. The first-order chi connectivity index (χ1) is 14.2. The van der Waals surface area contributed by atoms with Crippen molar-refractivity contribution in [1.29, 1.82) is 0 Å². The Hall–Kier alpha value is -2.63. The number of amides is 1. The van der Waals surface area contributed by atoms with E-state index in [9.17, 15) is 4.79 Å². The lowest BCUT2D eigenvalue weighted by Crippen LogP contribution is -2.33. The van der Waals surface area contributed by atoms with Gasteiger partial charge in [0, 0.05) is 17.6 Å². The summed E-state index contributed by atoms with van der Waals surface area (Å²) in [5.74, 6) is 0.532. The monoisotopic (exact) mass is 452 g/mol. The predicted molar refractivity (Wildman–Crippen MR) is 120 cm³/mol. The smallest absolute Gasteiger partial charge is 0.257 e. The van der Waals surface area contributed by atoms with Crippen molar-refractivity contribution in [1.82, 2.24) is 4.90 Å². The van der Waals surface area contributed by atoms with Crippen molar-refractivity contribution in [3.63, 3.8) is 0 Å². The third kappa shape index (κ3) is 5.92. The van der Waals surface area contributed by atoms with E-state index in [-0.39, 0.29) is 5.91 Å². The van der Waals surface area contributed by atoms with E-state index in [1.165, 1.54) is 0 Å². The highest BCUT2D eigenvalue weighted by Crippen LogP contribution is 2.24. The fourth-order valence-electron chi connectivity index (χ4n) is 3.04. The minimum Gasteiger partial charge on any atom is -0.488 e. The van der Waals surface area contributed by atoms with E-state index in [0.717, 1.165) is 22.0 Å². The van der Waals surface area contributed by atoms with Crippen molar-refractivity contribution < 1.29 is 9.53 Å². The van der Waals surface area contributed by atoms with Crippen LogP contribution in [0.3, 0.4) is 0 Å². The Kier molecular flexibility index (Phi) is 7.85. The molecule has 29 heavy (non-hydrogen) atoms. The number of hydrogen-bond donors (Lipinski definition) is 1. The summed E-state index contributed by atoms with van der Waals surface area (Å²) in [6.45, 7) is 2.04. The molecular formula is C24H25BrN2O2. The van der Waals surface area contributed by atoms with E-state index >= 15 is 0 Å². The van der Waals surface area contributed by atoms with Gasteiger partial charge in [-0.3, -0.25) is 4.79 Å². The van der Waals surface area contributed by atoms with E-state index in [1.54, 1.807) is 0 Å². The van der Waals surface area contributed by atoms with Gasteiger partial charge in [-0.05, 0) is 42.3 Å². The van der Waals surface area contributed by atoms with Gasteiger partial charge in [0.05, 0.1) is 5.56 Å². The number of halogens is 1. The number of nitrogens with two attached hydrogens (primary N) is 1. The average molecular weight is 453 g/mol. The number of ether oxygens (including phenoxy) is 1. The lowest BCUT2D eigenvalue weighted by Gasteiger charge is -2.24. The van der Waals surface area contributed by atoms with Gasteiger partial charge in [-0.25, -0.2) is 0 Å². The number of para-hydroxylation sites is 1. The van der Waals surface area contributed by atoms with Crippen LogP contribution in [0.4, 0.5) is 0 Å². The molecule has 0 fully saturated rings. The maximum Gasteiger partial charge on any atom is 0.257 e. The molecule has 0 aliphatic rings. The van der Waals surface area contributed by atoms with Crippen LogP contribution in [-0.4, -0.2) is 23.9 Å². The molecule has 0 spiro atoms. The van der Waals surface area contributed by atoms with Gasteiger partial charge in [0.25, 0.3) is 5.91 Å². The van der Waals surface area contributed by atoms with Crippen LogP contribution in [-0.2, 0) is 13.2 Å². The predicted octanol–water partition coefficient (Wildman–Crippen LogP) is 5.02. The molecule has 3 aromatic carbocycles. The summed E-state index contributed by atoms with van der Waals surface area (Å²) >= 11 is 3.58. The Balaban J connectivity index is 1.80. The minimum atomic E-state index is -0.0575. The second-order valence-electron chi connectivity index (χ2n) is 6.73. The van der Waals surface area contributed by atoms with Crippen LogP contribution in [0.1, 0.15) is 27.9 Å². The standard InChI is InChI=1S/C24H25BrN2O2/c25-22-13-6-4-11-20(22)17-27(16-8-15-26)24(28)21-12-5-7-14-23(21)29-18-19-9-2-1-3-10-19/h1-7,9-14H,8,15-18,26H2. The highest BCUT2D eigenvalue weighted by molar-refractivity contribution is 9.10. The van der Waals surface area contributed by atoms with Crippen LogP contribution < -0.4 is 10.5 Å². The molecular weight excluding hydrogens is 428 g/mol. The number of carbonyl (C=O) groups excluding carboxylic acids is 1. The molecule has 150 valence electrons. The van der Waals surface area contributed by atoms with Crippen molar-refractivity contribution in [3.8, 4) is 5.75 Å². The molecule has 1 amide bonds. The van der Waals surface area contributed by atoms with Crippen molar-refractivity contribution >= 4 is 21.8 Å². The van der Waals surface area contributed by atoms with Crippen molar-refractivity contribution in [2.24, 2.45) is 5.73 Å². The summed E-state index contributed by atoms with van der Waals surface area (Å²) < 4.78 is 6.98. The zero-order valence-corrected chi connectivity index (χ0v) is 17.8. The molecule has 0 aliphatic carbocycles. The van der Waals surface area contributed by atoms with E-state index in [0.29, 0.717) is 37.6 Å². The van der Waals surface area contributed by atoms with Crippen LogP contribution in [0.2, 0.25) is 0 Å². The molecule has 0 radical (unpaired) electrons. The molecule has 0 saturated carbocycles. The summed E-state index contributed by atoms with van der Waals surface area (Å²) in [6, 6.07) is 25.3. The minimum absolute atomic E-state index is 0.0575. The van der Waals surface area contributed by atoms with Gasteiger partial charge in [0.2, 0.25) is 0 Å². The van der Waals surface area contributed by atoms with Crippen molar-refractivity contribution in [3.05, 3.63) is 100 Å². The molecule has 0 heterocycles. The Bertz CT molecular complexity index is 931. The Morgan fingerprint density at radius 3 is 2.38 bits per heavy atom. The van der Waals surface area contributed by atoms with E-state index in [2.05, 4.69) is 15.9 Å². The maximum atomic E-state index is 13.4. The number of rotatable bonds is 9. The number of nitrogens with zero attached hydrogens (tertiary/aromatic N) is 1. The van der Waals surface area contributed by atoms with Crippen molar-refractivity contribution in [2.45, 2.75) is 19.6 Å². The van der Waals surface area contributed by atoms with Crippen LogP contribution >= 0.6 is 15.9 Å². The second-order valence-corrected chi connectivity index (χ2v) is 7.59. The second kappa shape index (κ2) is 10.8. The summed E-state index contributed by atoms with van der Waals surface area (Å²) in [4.78, 5) is 15.2. The molecule has 5 heteroatoms. The molecule has 0 saturated heterocycles. The van der Waals surface area contributed by atoms with E-state index in [4.69, 9.17) is 10.5 Å². The van der Waals surface area contributed by atoms with Crippen LogP contribution in [0.25, 0.3) is 0 Å². The fraction of sp³-hybridized carbons (Fsp3) is 0.208. The molecule has 0 aliphatic heterocycles. The maximum absolute atomic E-state index is 13.4. The third-order valence-corrected chi connectivity index (χ3v) is 5.37. The SMILES string of the molecule is NCCCN(Cc1ccccc1Br)C(=O)c1ccccc1OCc1ccccc1. The lowest BCUT2D eigenvalue weighted by atomic mass is 10.1. The fourth-order valence-corrected chi connectivity index (χ4v) is 3.45. The zero-order valence-electron chi connectivity index (χ0n) is 16.3. The Morgan fingerprint density at radius 1 is 0.931 bits per heavy atom. The molecule has 0 aromatic heterocycles. The molecule has 0 bridgehead atoms. The normalized spacial score (nSPS) is 10.6. The topological polar surface area (TPSA) is 55.6 Å². The quantitative estimate of drug-likeness (QED) is 0.495. The van der Waals surface area contributed by atoms with Gasteiger partial charge < -0.3 is 15.4 Å². The van der Waals surface area contributed by atoms with Crippen LogP contribution in [0.5, 0.6) is 5.75 Å². The van der Waals surface area contributed by atoms with Gasteiger partial charge >= 0.3 is 0 Å². The summed E-state index contributed by atoms with van der Waals surface area (Å²) in [5.41, 5.74) is 8.39. The summed E-state index contributed by atoms with van der Waals surface area (Å²) in [6.07, 6.45) is 0.739. The van der Waals surface area contributed by atoms with Crippen molar-refractivity contribution in [2.75, 3.05) is 13.1 Å². The highest BCUT2D eigenvalue weighted by atomic mass is 79.9. The first kappa shape index (κ1) is 21.1. The van der Waals surface area contributed by atoms with E-state index < -0.39 is 0 Å². The Labute approximate surface area is 180 Å². The molecule has 3 rings (SSSR count). The molecule has 2 N–H and O–H groups in total. The molecule has 0 unspecified atom stereocenters.